The molecule has 17 heavy (non-hydrogen) atoms. The second-order valence-corrected chi connectivity index (χ2v) is 4.56. The highest BCUT2D eigenvalue weighted by Crippen LogP contribution is 2.27. The molecule has 3 heteroatoms. The summed E-state index contributed by atoms with van der Waals surface area (Å²) < 4.78 is 0. The molecule has 0 saturated heterocycles. The van der Waals surface area contributed by atoms with E-state index in [1.165, 1.54) is 54.3 Å². The van der Waals surface area contributed by atoms with E-state index in [4.69, 9.17) is 0 Å². The highest BCUT2D eigenvalue weighted by Gasteiger charge is 2.13. The molecule has 0 bridgehead atoms. The number of fused-ring (bicyclic) bond motifs is 3. The summed E-state index contributed by atoms with van der Waals surface area (Å²) in [5.41, 5.74) is 4.23. The molecular formula is C14H23N3. The molecule has 1 aliphatic rings. The number of nitrogens with zero attached hydrogens (tertiary/aromatic N) is 1. The van der Waals surface area contributed by atoms with Gasteiger partial charge in [-0.15, -0.1) is 0 Å². The molecule has 2 aromatic rings. The van der Waals surface area contributed by atoms with Crippen LogP contribution in [-0.2, 0) is 12.8 Å². The molecule has 2 aromatic heterocycles. The van der Waals surface area contributed by atoms with Gasteiger partial charge in [0.2, 0.25) is 0 Å². The first-order chi connectivity index (χ1) is 8.36. The van der Waals surface area contributed by atoms with E-state index in [1.54, 1.807) is 0 Å². The third-order valence-corrected chi connectivity index (χ3v) is 3.15. The molecule has 3 nitrogen and oxygen atoms in total. The average molecular weight is 233 g/mol. The maximum Gasteiger partial charge on any atom is 0.0490 e. The van der Waals surface area contributed by atoms with Crippen molar-refractivity contribution in [1.29, 1.82) is 0 Å². The van der Waals surface area contributed by atoms with Crippen LogP contribution in [0.5, 0.6) is 0 Å². The van der Waals surface area contributed by atoms with Gasteiger partial charge in [0, 0.05) is 30.4 Å². The summed E-state index contributed by atoms with van der Waals surface area (Å²) in [5, 5.41) is 4.09. The standard InChI is InChI=1S/C12H14N2.C2H7N.H2/c1-2-4-9-10-8-13-7-6-12(10)14-11(9)5-3-1;1-3-2;/h6-8,14H,1-5H2;3H,1-2H3;1H. The summed E-state index contributed by atoms with van der Waals surface area (Å²) in [6.07, 6.45) is 10.3. The monoisotopic (exact) mass is 233 g/mol. The molecule has 0 atom stereocenters. The van der Waals surface area contributed by atoms with Gasteiger partial charge >= 0.3 is 0 Å². The summed E-state index contributed by atoms with van der Waals surface area (Å²) in [7, 11) is 3.75. The topological polar surface area (TPSA) is 40.7 Å². The van der Waals surface area contributed by atoms with Crippen LogP contribution in [0.4, 0.5) is 0 Å². The number of H-pyrrole nitrogens is 1. The first-order valence-corrected chi connectivity index (χ1v) is 6.38. The predicted octanol–water partition coefficient (Wildman–Crippen LogP) is 2.91. The molecule has 94 valence electrons. The highest BCUT2D eigenvalue weighted by molar-refractivity contribution is 5.83. The van der Waals surface area contributed by atoms with Gasteiger partial charge in [-0.1, -0.05) is 6.42 Å². The van der Waals surface area contributed by atoms with Crippen LogP contribution in [0, 0.1) is 0 Å². The normalized spacial score (nSPS) is 14.7. The summed E-state index contributed by atoms with van der Waals surface area (Å²) in [5.74, 6) is 0. The van der Waals surface area contributed by atoms with E-state index in [0.717, 1.165) is 0 Å². The minimum atomic E-state index is 0. The number of hydrogen-bond donors (Lipinski definition) is 2. The lowest BCUT2D eigenvalue weighted by Gasteiger charge is -1.96. The van der Waals surface area contributed by atoms with Crippen molar-refractivity contribution in [3.8, 4) is 0 Å². The lowest BCUT2D eigenvalue weighted by molar-refractivity contribution is 0.708. The number of pyridine rings is 1. The van der Waals surface area contributed by atoms with Gasteiger partial charge in [0.05, 0.1) is 0 Å². The van der Waals surface area contributed by atoms with Crippen LogP contribution in [0.2, 0.25) is 0 Å². The Morgan fingerprint density at radius 1 is 1.24 bits per heavy atom. The Kier molecular flexibility index (Phi) is 4.15. The van der Waals surface area contributed by atoms with Crippen LogP contribution in [0.1, 0.15) is 31.9 Å². The Labute approximate surface area is 104 Å². The number of aromatic nitrogens is 2. The molecule has 0 radical (unpaired) electrons. The largest absolute Gasteiger partial charge is 0.358 e. The van der Waals surface area contributed by atoms with Crippen molar-refractivity contribution in [2.24, 2.45) is 0 Å². The number of nitrogens with one attached hydrogen (secondary N) is 2. The van der Waals surface area contributed by atoms with Gasteiger partial charge in [0.25, 0.3) is 0 Å². The number of aromatic amines is 1. The maximum absolute atomic E-state index is 4.20. The minimum Gasteiger partial charge on any atom is -0.358 e. The Morgan fingerprint density at radius 3 is 2.82 bits per heavy atom. The van der Waals surface area contributed by atoms with Crippen LogP contribution in [-0.4, -0.2) is 24.1 Å². The number of aryl methyl sites for hydroxylation is 2. The third kappa shape index (κ3) is 2.67. The third-order valence-electron chi connectivity index (χ3n) is 3.15. The Bertz CT molecular complexity index is 479. The van der Waals surface area contributed by atoms with Crippen molar-refractivity contribution in [3.63, 3.8) is 0 Å². The van der Waals surface area contributed by atoms with Crippen molar-refractivity contribution < 1.29 is 1.43 Å². The fourth-order valence-corrected chi connectivity index (χ4v) is 2.42. The minimum absolute atomic E-state index is 0. The van der Waals surface area contributed by atoms with Crippen LogP contribution in [0.3, 0.4) is 0 Å². The van der Waals surface area contributed by atoms with E-state index in [-0.39, 0.29) is 1.43 Å². The van der Waals surface area contributed by atoms with E-state index in [9.17, 15) is 0 Å². The van der Waals surface area contributed by atoms with Gasteiger partial charge in [-0.2, -0.15) is 0 Å². The molecule has 2 N–H and O–H groups in total. The molecule has 0 saturated carbocycles. The lowest BCUT2D eigenvalue weighted by Crippen LogP contribution is -1.89. The predicted molar refractivity (Wildman–Crippen MR) is 74.5 cm³/mol. The van der Waals surface area contributed by atoms with E-state index in [2.05, 4.69) is 21.4 Å². The van der Waals surface area contributed by atoms with Gasteiger partial charge in [-0.05, 0) is 51.4 Å². The van der Waals surface area contributed by atoms with Gasteiger partial charge in [0.15, 0.2) is 0 Å². The fourth-order valence-electron chi connectivity index (χ4n) is 2.42. The zero-order valence-electron chi connectivity index (χ0n) is 10.7. The number of hydrogen-bond acceptors (Lipinski definition) is 2. The second-order valence-electron chi connectivity index (χ2n) is 4.56. The molecule has 0 aliphatic heterocycles. The molecular weight excluding hydrogens is 210 g/mol. The summed E-state index contributed by atoms with van der Waals surface area (Å²) in [6.45, 7) is 0. The lowest BCUT2D eigenvalue weighted by atomic mass is 10.1. The van der Waals surface area contributed by atoms with Crippen molar-refractivity contribution in [2.75, 3.05) is 14.1 Å². The van der Waals surface area contributed by atoms with Crippen molar-refractivity contribution in [1.82, 2.24) is 15.3 Å². The van der Waals surface area contributed by atoms with Crippen molar-refractivity contribution in [2.45, 2.75) is 32.1 Å². The molecule has 0 amide bonds. The Hall–Kier alpha value is -1.35. The molecule has 3 rings (SSSR count). The van der Waals surface area contributed by atoms with E-state index >= 15 is 0 Å². The van der Waals surface area contributed by atoms with Gasteiger partial charge in [-0.3, -0.25) is 4.98 Å². The molecule has 0 fully saturated rings. The average Bonchev–Trinajstić information content (AvgIpc) is 2.53. The van der Waals surface area contributed by atoms with E-state index < -0.39 is 0 Å². The van der Waals surface area contributed by atoms with Crippen molar-refractivity contribution >= 4 is 10.9 Å². The van der Waals surface area contributed by atoms with Crippen molar-refractivity contribution in [3.05, 3.63) is 29.7 Å². The van der Waals surface area contributed by atoms with Crippen LogP contribution < -0.4 is 5.32 Å². The first-order valence-electron chi connectivity index (χ1n) is 6.38. The summed E-state index contributed by atoms with van der Waals surface area (Å²) >= 11 is 0. The summed E-state index contributed by atoms with van der Waals surface area (Å²) in [6, 6.07) is 2.07. The maximum atomic E-state index is 4.20. The van der Waals surface area contributed by atoms with Crippen LogP contribution in [0.15, 0.2) is 18.5 Å². The van der Waals surface area contributed by atoms with Crippen LogP contribution in [0.25, 0.3) is 10.9 Å². The first kappa shape index (κ1) is 12.1. The second kappa shape index (κ2) is 5.82. The molecule has 1 aliphatic carbocycles. The Morgan fingerprint density at radius 2 is 2.00 bits per heavy atom. The smallest absolute Gasteiger partial charge is 0.0490 e. The number of rotatable bonds is 0. The van der Waals surface area contributed by atoms with Gasteiger partial charge in [0.1, 0.15) is 0 Å². The SMILES string of the molecule is CNC.[HH].c1cc2[nH]c3c(c2cn1)CCCCC3. The molecule has 0 spiro atoms. The van der Waals surface area contributed by atoms with Crippen LogP contribution >= 0.6 is 0 Å². The zero-order chi connectivity index (χ0) is 12.1. The fraction of sp³-hybridized carbons (Fsp3) is 0.500. The molecule has 2 heterocycles. The van der Waals surface area contributed by atoms with E-state index in [0.29, 0.717) is 0 Å². The molecule has 0 aromatic carbocycles. The quantitative estimate of drug-likeness (QED) is 0.687. The zero-order valence-corrected chi connectivity index (χ0v) is 10.7. The van der Waals surface area contributed by atoms with E-state index in [1.807, 2.05) is 26.5 Å². The highest BCUT2D eigenvalue weighted by atomic mass is 14.7. The summed E-state index contributed by atoms with van der Waals surface area (Å²) in [4.78, 5) is 7.72. The van der Waals surface area contributed by atoms with Gasteiger partial charge < -0.3 is 10.3 Å². The Balaban J connectivity index is 0.000000372. The molecule has 0 unspecified atom stereocenters. The van der Waals surface area contributed by atoms with Gasteiger partial charge in [-0.25, -0.2) is 0 Å².